The molecule has 8 heteroatoms. The van der Waals surface area contributed by atoms with Crippen LogP contribution in [0.5, 0.6) is 0 Å². The summed E-state index contributed by atoms with van der Waals surface area (Å²) < 4.78 is 0.872. The first-order valence-electron chi connectivity index (χ1n) is 6.95. The zero-order valence-corrected chi connectivity index (χ0v) is 14.7. The highest BCUT2D eigenvalue weighted by molar-refractivity contribution is 9.10. The topological polar surface area (TPSA) is 74.3 Å². The van der Waals surface area contributed by atoms with Crippen LogP contribution in [-0.2, 0) is 9.59 Å². The van der Waals surface area contributed by atoms with Gasteiger partial charge in [-0.2, -0.15) is 0 Å². The van der Waals surface area contributed by atoms with Crippen molar-refractivity contribution >= 4 is 46.0 Å². The van der Waals surface area contributed by atoms with Gasteiger partial charge in [0, 0.05) is 29.7 Å². The van der Waals surface area contributed by atoms with Crippen LogP contribution in [0.3, 0.4) is 0 Å². The molecule has 0 aromatic carbocycles. The second-order valence-corrected chi connectivity index (χ2v) is 5.95. The minimum Gasteiger partial charge on any atom is -0.342 e. The summed E-state index contributed by atoms with van der Waals surface area (Å²) in [6.07, 6.45) is 3.03. The molecule has 0 saturated carbocycles. The van der Waals surface area contributed by atoms with E-state index < -0.39 is 0 Å². The zero-order chi connectivity index (χ0) is 15.2. The van der Waals surface area contributed by atoms with Gasteiger partial charge in [-0.05, 0) is 48.0 Å². The third-order valence-electron chi connectivity index (χ3n) is 3.53. The van der Waals surface area contributed by atoms with Gasteiger partial charge in [0.05, 0.1) is 6.54 Å². The minimum absolute atomic E-state index is 0. The standard InChI is InChI=1S/C14H19BrN4O2.ClH/c1-16-9-13(20)19-6-4-10(5-7-19)14(21)18-12-3-2-11(15)8-17-12;/h2-3,8,10,16H,4-7,9H2,1H3,(H,17,18,21);1H. The first-order chi connectivity index (χ1) is 10.1. The maximum atomic E-state index is 12.2. The Kier molecular flexibility index (Phi) is 7.78. The molecule has 2 heterocycles. The summed E-state index contributed by atoms with van der Waals surface area (Å²) in [6.45, 7) is 1.61. The number of amides is 2. The Morgan fingerprint density at radius 1 is 1.36 bits per heavy atom. The van der Waals surface area contributed by atoms with Crippen molar-refractivity contribution in [3.8, 4) is 0 Å². The number of halogens is 2. The molecule has 1 aliphatic heterocycles. The molecule has 1 aromatic rings. The van der Waals surface area contributed by atoms with Crippen molar-refractivity contribution in [3.63, 3.8) is 0 Å². The van der Waals surface area contributed by atoms with E-state index >= 15 is 0 Å². The van der Waals surface area contributed by atoms with Crippen molar-refractivity contribution in [1.82, 2.24) is 15.2 Å². The summed E-state index contributed by atoms with van der Waals surface area (Å²) in [4.78, 5) is 29.9. The summed E-state index contributed by atoms with van der Waals surface area (Å²) in [6, 6.07) is 3.59. The average Bonchev–Trinajstić information content (AvgIpc) is 2.50. The van der Waals surface area contributed by atoms with E-state index in [9.17, 15) is 9.59 Å². The van der Waals surface area contributed by atoms with Crippen molar-refractivity contribution in [2.24, 2.45) is 5.92 Å². The second kappa shape index (κ2) is 9.07. The van der Waals surface area contributed by atoms with E-state index in [0.717, 1.165) is 4.47 Å². The Morgan fingerprint density at radius 2 is 2.05 bits per heavy atom. The van der Waals surface area contributed by atoms with Crippen LogP contribution in [0.15, 0.2) is 22.8 Å². The Bertz CT molecular complexity index is 504. The molecule has 122 valence electrons. The Labute approximate surface area is 144 Å². The Balaban J connectivity index is 0.00000242. The van der Waals surface area contributed by atoms with Gasteiger partial charge in [0.25, 0.3) is 0 Å². The monoisotopic (exact) mass is 390 g/mol. The summed E-state index contributed by atoms with van der Waals surface area (Å²) >= 11 is 3.30. The molecular weight excluding hydrogens is 372 g/mol. The SMILES string of the molecule is CNCC(=O)N1CCC(C(=O)Nc2ccc(Br)cn2)CC1.Cl. The van der Waals surface area contributed by atoms with Gasteiger partial charge in [-0.1, -0.05) is 0 Å². The van der Waals surface area contributed by atoms with Crippen molar-refractivity contribution in [1.29, 1.82) is 0 Å². The molecule has 2 N–H and O–H groups in total. The number of hydrogen-bond acceptors (Lipinski definition) is 4. The van der Waals surface area contributed by atoms with Crippen LogP contribution in [0.2, 0.25) is 0 Å². The summed E-state index contributed by atoms with van der Waals surface area (Å²) in [7, 11) is 1.75. The number of aromatic nitrogens is 1. The second-order valence-electron chi connectivity index (χ2n) is 5.04. The van der Waals surface area contributed by atoms with Gasteiger partial charge in [-0.3, -0.25) is 9.59 Å². The maximum absolute atomic E-state index is 12.2. The number of nitrogens with one attached hydrogen (secondary N) is 2. The van der Waals surface area contributed by atoms with Gasteiger partial charge in [0.15, 0.2) is 0 Å². The molecule has 0 aliphatic carbocycles. The number of nitrogens with zero attached hydrogens (tertiary/aromatic N) is 2. The van der Waals surface area contributed by atoms with Gasteiger partial charge in [-0.25, -0.2) is 4.98 Å². The van der Waals surface area contributed by atoms with Crippen LogP contribution in [0.1, 0.15) is 12.8 Å². The molecule has 0 spiro atoms. The Morgan fingerprint density at radius 3 is 2.59 bits per heavy atom. The maximum Gasteiger partial charge on any atom is 0.236 e. The largest absolute Gasteiger partial charge is 0.342 e. The molecule has 6 nitrogen and oxygen atoms in total. The molecule has 0 radical (unpaired) electrons. The fourth-order valence-electron chi connectivity index (χ4n) is 2.33. The van der Waals surface area contributed by atoms with Gasteiger partial charge in [0.1, 0.15) is 5.82 Å². The minimum atomic E-state index is -0.0610. The molecule has 2 rings (SSSR count). The molecule has 1 aromatic heterocycles. The van der Waals surface area contributed by atoms with Gasteiger partial charge in [0.2, 0.25) is 11.8 Å². The highest BCUT2D eigenvalue weighted by atomic mass is 79.9. The van der Waals surface area contributed by atoms with E-state index in [1.807, 2.05) is 6.07 Å². The molecular formula is C14H20BrClN4O2. The van der Waals surface area contributed by atoms with Crippen molar-refractivity contribution in [3.05, 3.63) is 22.8 Å². The first kappa shape index (κ1) is 18.9. The number of hydrogen-bond donors (Lipinski definition) is 2. The lowest BCUT2D eigenvalue weighted by Crippen LogP contribution is -2.44. The third kappa shape index (κ3) is 5.23. The van der Waals surface area contributed by atoms with E-state index in [1.165, 1.54) is 0 Å². The number of carbonyl (C=O) groups is 2. The van der Waals surface area contributed by atoms with Crippen molar-refractivity contribution in [2.45, 2.75) is 12.8 Å². The highest BCUT2D eigenvalue weighted by Gasteiger charge is 2.27. The number of rotatable bonds is 4. The normalized spacial score (nSPS) is 15.1. The first-order valence-corrected chi connectivity index (χ1v) is 7.74. The fraction of sp³-hybridized carbons (Fsp3) is 0.500. The van der Waals surface area contributed by atoms with E-state index in [1.54, 1.807) is 24.2 Å². The highest BCUT2D eigenvalue weighted by Crippen LogP contribution is 2.19. The molecule has 22 heavy (non-hydrogen) atoms. The molecule has 1 aliphatic rings. The lowest BCUT2D eigenvalue weighted by atomic mass is 9.96. The van der Waals surface area contributed by atoms with Gasteiger partial charge in [-0.15, -0.1) is 12.4 Å². The molecule has 0 bridgehead atoms. The van der Waals surface area contributed by atoms with Crippen LogP contribution in [0.4, 0.5) is 5.82 Å². The van der Waals surface area contributed by atoms with Gasteiger partial charge < -0.3 is 15.5 Å². The van der Waals surface area contributed by atoms with Crippen LogP contribution in [-0.4, -0.2) is 48.4 Å². The van der Waals surface area contributed by atoms with Crippen LogP contribution in [0, 0.1) is 5.92 Å². The van der Waals surface area contributed by atoms with Crippen LogP contribution < -0.4 is 10.6 Å². The number of anilines is 1. The number of likely N-dealkylation sites (N-methyl/N-ethyl adjacent to an activating group) is 1. The summed E-state index contributed by atoms with van der Waals surface area (Å²) in [5.74, 6) is 0.558. The summed E-state index contributed by atoms with van der Waals surface area (Å²) in [5.41, 5.74) is 0. The number of carbonyl (C=O) groups excluding carboxylic acids is 2. The molecule has 0 unspecified atom stereocenters. The van der Waals surface area contributed by atoms with Crippen molar-refractivity contribution < 1.29 is 9.59 Å². The number of likely N-dealkylation sites (tertiary alicyclic amines) is 1. The molecule has 1 saturated heterocycles. The zero-order valence-electron chi connectivity index (χ0n) is 12.3. The van der Waals surface area contributed by atoms with Gasteiger partial charge >= 0.3 is 0 Å². The summed E-state index contributed by atoms with van der Waals surface area (Å²) in [5, 5.41) is 5.67. The lowest BCUT2D eigenvalue weighted by molar-refractivity contribution is -0.133. The molecule has 1 fully saturated rings. The average molecular weight is 392 g/mol. The smallest absolute Gasteiger partial charge is 0.236 e. The predicted molar refractivity (Wildman–Crippen MR) is 91.0 cm³/mol. The van der Waals surface area contributed by atoms with E-state index in [-0.39, 0.29) is 30.1 Å². The molecule has 2 amide bonds. The quantitative estimate of drug-likeness (QED) is 0.819. The third-order valence-corrected chi connectivity index (χ3v) is 3.99. The number of pyridine rings is 1. The van der Waals surface area contributed by atoms with Crippen molar-refractivity contribution in [2.75, 3.05) is 32.0 Å². The van der Waals surface area contributed by atoms with Crippen LogP contribution >= 0.6 is 28.3 Å². The Hall–Kier alpha value is -1.18. The fourth-order valence-corrected chi connectivity index (χ4v) is 2.57. The van der Waals surface area contributed by atoms with E-state index in [2.05, 4.69) is 31.5 Å². The lowest BCUT2D eigenvalue weighted by Gasteiger charge is -2.31. The van der Waals surface area contributed by atoms with E-state index in [4.69, 9.17) is 0 Å². The number of piperidine rings is 1. The van der Waals surface area contributed by atoms with E-state index in [0.29, 0.717) is 38.3 Å². The molecule has 0 atom stereocenters. The predicted octanol–water partition coefficient (Wildman–Crippen LogP) is 1.66. The van der Waals surface area contributed by atoms with Crippen LogP contribution in [0.25, 0.3) is 0 Å².